The fraction of sp³-hybridized carbons (Fsp3) is 0.611. The van der Waals surface area contributed by atoms with E-state index in [1.54, 1.807) is 0 Å². The van der Waals surface area contributed by atoms with E-state index in [0.29, 0.717) is 6.61 Å². The second kappa shape index (κ2) is 8.71. The van der Waals surface area contributed by atoms with Crippen LogP contribution in [0.25, 0.3) is 0 Å². The first-order valence-corrected chi connectivity index (χ1v) is 8.20. The Labute approximate surface area is 127 Å². The first-order valence-electron chi connectivity index (χ1n) is 8.20. The minimum atomic E-state index is -1.17. The highest BCUT2D eigenvalue weighted by atomic mass is 16.7. The van der Waals surface area contributed by atoms with Crippen molar-refractivity contribution < 1.29 is 14.6 Å². The first-order chi connectivity index (χ1) is 10.3. The van der Waals surface area contributed by atoms with Crippen molar-refractivity contribution in [3.8, 4) is 0 Å². The second-order valence-electron chi connectivity index (χ2n) is 6.00. The van der Waals surface area contributed by atoms with Crippen LogP contribution in [0.4, 0.5) is 4.79 Å². The van der Waals surface area contributed by atoms with Crippen LogP contribution in [0, 0.1) is 0 Å². The summed E-state index contributed by atoms with van der Waals surface area (Å²) >= 11 is 0. The van der Waals surface area contributed by atoms with Crippen LogP contribution in [0.1, 0.15) is 68.4 Å². The van der Waals surface area contributed by atoms with Crippen molar-refractivity contribution in [3.63, 3.8) is 0 Å². The Morgan fingerprint density at radius 1 is 1.14 bits per heavy atom. The lowest BCUT2D eigenvalue weighted by molar-refractivity contribution is 0.0900. The summed E-state index contributed by atoms with van der Waals surface area (Å²) in [6.45, 7) is 0.317. The molecule has 0 bridgehead atoms. The molecule has 2 rings (SSSR count). The molecule has 1 N–H and O–H groups in total. The molecule has 1 aromatic rings. The van der Waals surface area contributed by atoms with Gasteiger partial charge in [0.05, 0.1) is 6.61 Å². The summed E-state index contributed by atoms with van der Waals surface area (Å²) in [6, 6.07) is 9.05. The second-order valence-corrected chi connectivity index (χ2v) is 6.00. The van der Waals surface area contributed by atoms with Gasteiger partial charge in [-0.05, 0) is 55.6 Å². The molecule has 0 amide bonds. The molecule has 3 heteroatoms. The Kier molecular flexibility index (Phi) is 6.58. The van der Waals surface area contributed by atoms with Gasteiger partial charge in [0.25, 0.3) is 0 Å². The van der Waals surface area contributed by atoms with Crippen LogP contribution in [0.5, 0.6) is 0 Å². The van der Waals surface area contributed by atoms with E-state index < -0.39 is 6.16 Å². The third-order valence-corrected chi connectivity index (χ3v) is 4.36. The van der Waals surface area contributed by atoms with E-state index in [9.17, 15) is 4.79 Å². The average Bonchev–Trinajstić information content (AvgIpc) is 2.52. The molecule has 0 saturated heterocycles. The Morgan fingerprint density at radius 3 is 2.71 bits per heavy atom. The first kappa shape index (κ1) is 15.9. The Balaban J connectivity index is 1.72. The zero-order chi connectivity index (χ0) is 14.9. The van der Waals surface area contributed by atoms with E-state index in [-0.39, 0.29) is 0 Å². The average molecular weight is 290 g/mol. The molecule has 3 nitrogen and oxygen atoms in total. The van der Waals surface area contributed by atoms with E-state index in [4.69, 9.17) is 5.11 Å². The van der Waals surface area contributed by atoms with Crippen LogP contribution in [0.3, 0.4) is 0 Å². The molecule has 1 aliphatic carbocycles. The number of aryl methyl sites for hydroxylation is 1. The molecule has 0 atom stereocenters. The Bertz CT molecular complexity index is 436. The third kappa shape index (κ3) is 5.78. The van der Waals surface area contributed by atoms with E-state index in [0.717, 1.165) is 31.6 Å². The van der Waals surface area contributed by atoms with Gasteiger partial charge in [0, 0.05) is 0 Å². The third-order valence-electron chi connectivity index (χ3n) is 4.36. The number of hydrogen-bond acceptors (Lipinski definition) is 2. The normalized spacial score (nSPS) is 15.8. The van der Waals surface area contributed by atoms with Gasteiger partial charge in [-0.2, -0.15) is 0 Å². The quantitative estimate of drug-likeness (QED) is 0.558. The fourth-order valence-corrected chi connectivity index (χ4v) is 3.21. The van der Waals surface area contributed by atoms with E-state index in [1.807, 2.05) is 0 Å². The van der Waals surface area contributed by atoms with E-state index in [1.165, 1.54) is 43.2 Å². The van der Waals surface area contributed by atoms with Crippen molar-refractivity contribution >= 4 is 6.16 Å². The number of hydrogen-bond donors (Lipinski definition) is 1. The zero-order valence-electron chi connectivity index (χ0n) is 12.7. The molecule has 1 saturated carbocycles. The SMILES string of the molecule is O=C(O)OCCCCCc1cccc(C2CCCCC2)c1. The molecule has 1 aliphatic rings. The summed E-state index contributed by atoms with van der Waals surface area (Å²) in [5, 5.41) is 8.38. The van der Waals surface area contributed by atoms with Gasteiger partial charge in [-0.3, -0.25) is 0 Å². The molecule has 0 heterocycles. The van der Waals surface area contributed by atoms with Crippen LogP contribution in [0.15, 0.2) is 24.3 Å². The van der Waals surface area contributed by atoms with Gasteiger partial charge in [0.1, 0.15) is 0 Å². The maximum Gasteiger partial charge on any atom is 0.505 e. The minimum Gasteiger partial charge on any atom is -0.450 e. The van der Waals surface area contributed by atoms with Crippen molar-refractivity contribution in [2.45, 2.75) is 63.7 Å². The van der Waals surface area contributed by atoms with Crippen molar-refractivity contribution in [1.82, 2.24) is 0 Å². The van der Waals surface area contributed by atoms with Crippen LogP contribution in [0.2, 0.25) is 0 Å². The molecule has 0 radical (unpaired) electrons. The molecule has 0 aliphatic heterocycles. The summed E-state index contributed by atoms with van der Waals surface area (Å²) in [5.74, 6) is 0.766. The predicted molar refractivity (Wildman–Crippen MR) is 83.8 cm³/mol. The number of ether oxygens (including phenoxy) is 1. The number of rotatable bonds is 7. The zero-order valence-corrected chi connectivity index (χ0v) is 12.7. The van der Waals surface area contributed by atoms with Crippen molar-refractivity contribution in [1.29, 1.82) is 0 Å². The minimum absolute atomic E-state index is 0.317. The number of carboxylic acid groups (broad SMARTS) is 1. The number of unbranched alkanes of at least 4 members (excludes halogenated alkanes) is 2. The summed E-state index contributed by atoms with van der Waals surface area (Å²) in [6.07, 6.45) is 9.66. The summed E-state index contributed by atoms with van der Waals surface area (Å²) in [7, 11) is 0. The Morgan fingerprint density at radius 2 is 1.95 bits per heavy atom. The monoisotopic (exact) mass is 290 g/mol. The van der Waals surface area contributed by atoms with Gasteiger partial charge in [0.15, 0.2) is 0 Å². The molecule has 0 spiro atoms. The highest BCUT2D eigenvalue weighted by Crippen LogP contribution is 2.32. The van der Waals surface area contributed by atoms with Crippen LogP contribution >= 0.6 is 0 Å². The van der Waals surface area contributed by atoms with Crippen LogP contribution < -0.4 is 0 Å². The number of benzene rings is 1. The van der Waals surface area contributed by atoms with Crippen molar-refractivity contribution in [2.75, 3.05) is 6.61 Å². The molecule has 0 unspecified atom stereocenters. The highest BCUT2D eigenvalue weighted by Gasteiger charge is 2.15. The Hall–Kier alpha value is -1.51. The maximum atomic E-state index is 10.2. The molecule has 0 aromatic heterocycles. The molecule has 21 heavy (non-hydrogen) atoms. The van der Waals surface area contributed by atoms with Crippen molar-refractivity contribution in [3.05, 3.63) is 35.4 Å². The maximum absolute atomic E-state index is 10.2. The highest BCUT2D eigenvalue weighted by molar-refractivity contribution is 5.56. The fourth-order valence-electron chi connectivity index (χ4n) is 3.21. The summed E-state index contributed by atoms with van der Waals surface area (Å²) in [5.41, 5.74) is 2.93. The number of carbonyl (C=O) groups is 1. The topological polar surface area (TPSA) is 46.5 Å². The van der Waals surface area contributed by atoms with E-state index >= 15 is 0 Å². The lowest BCUT2D eigenvalue weighted by Crippen LogP contribution is -2.05. The van der Waals surface area contributed by atoms with Gasteiger partial charge in [0.2, 0.25) is 0 Å². The van der Waals surface area contributed by atoms with Crippen LogP contribution in [-0.4, -0.2) is 17.9 Å². The van der Waals surface area contributed by atoms with E-state index in [2.05, 4.69) is 29.0 Å². The van der Waals surface area contributed by atoms with Gasteiger partial charge in [-0.15, -0.1) is 0 Å². The predicted octanol–water partition coefficient (Wildman–Crippen LogP) is 5.14. The van der Waals surface area contributed by atoms with Crippen LogP contribution in [-0.2, 0) is 11.2 Å². The van der Waals surface area contributed by atoms with Gasteiger partial charge >= 0.3 is 6.16 Å². The molecule has 116 valence electrons. The smallest absolute Gasteiger partial charge is 0.450 e. The molecular weight excluding hydrogens is 264 g/mol. The standard InChI is InChI=1S/C18H26O3/c19-18(20)21-13-6-2-3-8-15-9-7-12-17(14-15)16-10-4-1-5-11-16/h7,9,12,14,16H,1-6,8,10-11,13H2,(H,19,20). The summed E-state index contributed by atoms with van der Waals surface area (Å²) < 4.78 is 4.51. The van der Waals surface area contributed by atoms with Crippen molar-refractivity contribution in [2.24, 2.45) is 0 Å². The molecule has 1 aromatic carbocycles. The lowest BCUT2D eigenvalue weighted by Gasteiger charge is -2.22. The molecular formula is C18H26O3. The molecule has 1 fully saturated rings. The summed E-state index contributed by atoms with van der Waals surface area (Å²) in [4.78, 5) is 10.2. The van der Waals surface area contributed by atoms with Gasteiger partial charge < -0.3 is 9.84 Å². The van der Waals surface area contributed by atoms with Gasteiger partial charge in [-0.1, -0.05) is 43.5 Å². The van der Waals surface area contributed by atoms with Gasteiger partial charge in [-0.25, -0.2) is 4.79 Å². The largest absolute Gasteiger partial charge is 0.505 e. The lowest BCUT2D eigenvalue weighted by atomic mass is 9.83.